The molecule has 0 aromatic heterocycles. The molecule has 0 bridgehead atoms. The van der Waals surface area contributed by atoms with E-state index in [1.807, 2.05) is 0 Å². The van der Waals surface area contributed by atoms with E-state index >= 15 is 0 Å². The van der Waals surface area contributed by atoms with Crippen LogP contribution in [0, 0.1) is 11.3 Å². The first kappa shape index (κ1) is 15.7. The van der Waals surface area contributed by atoms with Gasteiger partial charge in [-0.1, -0.05) is 50.1 Å². The molecule has 1 heterocycles. The van der Waals surface area contributed by atoms with Gasteiger partial charge in [0.05, 0.1) is 0 Å². The first-order chi connectivity index (χ1) is 11.2. The van der Waals surface area contributed by atoms with Crippen molar-refractivity contribution >= 4 is 0 Å². The van der Waals surface area contributed by atoms with Crippen LogP contribution in [-0.2, 0) is 5.54 Å². The van der Waals surface area contributed by atoms with Crippen LogP contribution in [0.15, 0.2) is 30.3 Å². The minimum Gasteiger partial charge on any atom is -0.294 e. The first-order valence-electron chi connectivity index (χ1n) is 10.0. The molecule has 1 nitrogen and oxygen atoms in total. The van der Waals surface area contributed by atoms with Gasteiger partial charge in [0.15, 0.2) is 0 Å². The van der Waals surface area contributed by atoms with Crippen LogP contribution in [0.5, 0.6) is 0 Å². The van der Waals surface area contributed by atoms with Gasteiger partial charge in [0.2, 0.25) is 0 Å². The summed E-state index contributed by atoms with van der Waals surface area (Å²) < 4.78 is 0. The van der Waals surface area contributed by atoms with Crippen molar-refractivity contribution in [1.82, 2.24) is 4.90 Å². The van der Waals surface area contributed by atoms with Gasteiger partial charge in [0, 0.05) is 5.54 Å². The molecule has 0 N–H and O–H groups in total. The summed E-state index contributed by atoms with van der Waals surface area (Å²) in [5.74, 6) is 0.972. The average Bonchev–Trinajstić information content (AvgIpc) is 3.15. The fraction of sp³-hybridized carbons (Fsp3) is 0.727. The topological polar surface area (TPSA) is 3.24 Å². The second-order valence-corrected chi connectivity index (χ2v) is 8.77. The summed E-state index contributed by atoms with van der Waals surface area (Å²) in [7, 11) is 0. The Balaban J connectivity index is 1.57. The molecule has 1 aliphatic heterocycles. The Morgan fingerprint density at radius 1 is 0.826 bits per heavy atom. The molecule has 3 aliphatic rings. The van der Waals surface area contributed by atoms with E-state index < -0.39 is 0 Å². The minimum absolute atomic E-state index is 0.353. The lowest BCUT2D eigenvalue weighted by atomic mass is 9.58. The third-order valence-corrected chi connectivity index (χ3v) is 7.50. The highest BCUT2D eigenvalue weighted by Crippen LogP contribution is 2.55. The molecule has 0 amide bonds. The largest absolute Gasteiger partial charge is 0.294 e. The molecule has 3 fully saturated rings. The molecule has 0 radical (unpaired) electrons. The molecular weight excluding hydrogens is 278 g/mol. The number of nitrogens with zero attached hydrogens (tertiary/aromatic N) is 1. The predicted molar refractivity (Wildman–Crippen MR) is 97.5 cm³/mol. The van der Waals surface area contributed by atoms with E-state index in [0.717, 1.165) is 5.92 Å². The van der Waals surface area contributed by atoms with Crippen molar-refractivity contribution < 1.29 is 0 Å². The monoisotopic (exact) mass is 311 g/mol. The Bertz CT molecular complexity index is 496. The van der Waals surface area contributed by atoms with Gasteiger partial charge in [0.25, 0.3) is 0 Å². The third-order valence-electron chi connectivity index (χ3n) is 7.50. The Labute approximate surface area is 142 Å². The maximum atomic E-state index is 2.85. The Hall–Kier alpha value is -0.820. The molecule has 0 atom stereocenters. The van der Waals surface area contributed by atoms with Crippen molar-refractivity contribution in [3.63, 3.8) is 0 Å². The standard InChI is InChI=1S/C22H33N/c1-19-9-11-21(12-10-19)13-15-22(16-14-21,23-17-5-6-18-23)20-7-3-2-4-8-20/h2-4,7-8,19H,5-6,9-18H2,1H3. The van der Waals surface area contributed by atoms with E-state index in [1.54, 1.807) is 5.56 Å². The van der Waals surface area contributed by atoms with E-state index in [2.05, 4.69) is 42.2 Å². The van der Waals surface area contributed by atoms with E-state index in [0.29, 0.717) is 11.0 Å². The zero-order valence-electron chi connectivity index (χ0n) is 14.9. The Morgan fingerprint density at radius 2 is 1.43 bits per heavy atom. The predicted octanol–water partition coefficient (Wildman–Crippen LogP) is 5.75. The molecule has 23 heavy (non-hydrogen) atoms. The quantitative estimate of drug-likeness (QED) is 0.672. The van der Waals surface area contributed by atoms with Crippen LogP contribution in [0.1, 0.15) is 76.7 Å². The molecule has 0 unspecified atom stereocenters. The molecule has 1 saturated heterocycles. The zero-order valence-corrected chi connectivity index (χ0v) is 14.9. The van der Waals surface area contributed by atoms with E-state index in [1.165, 1.54) is 77.3 Å². The smallest absolute Gasteiger partial charge is 0.0461 e. The van der Waals surface area contributed by atoms with Crippen LogP contribution >= 0.6 is 0 Å². The summed E-state index contributed by atoms with van der Waals surface area (Å²) in [5, 5.41) is 0. The molecule has 1 heteroatoms. The van der Waals surface area contributed by atoms with E-state index in [-0.39, 0.29) is 0 Å². The van der Waals surface area contributed by atoms with Gasteiger partial charge in [-0.15, -0.1) is 0 Å². The lowest BCUT2D eigenvalue weighted by Crippen LogP contribution is -2.49. The zero-order chi connectivity index (χ0) is 15.8. The summed E-state index contributed by atoms with van der Waals surface area (Å²) >= 11 is 0. The SMILES string of the molecule is CC1CCC2(CC1)CCC(c1ccccc1)(N1CCCC1)CC2. The van der Waals surface area contributed by atoms with Gasteiger partial charge < -0.3 is 0 Å². The second-order valence-electron chi connectivity index (χ2n) is 8.77. The minimum atomic E-state index is 0.353. The summed E-state index contributed by atoms with van der Waals surface area (Å²) in [5.41, 5.74) is 2.65. The normalized spacial score (nSPS) is 38.9. The Kier molecular flexibility index (Phi) is 4.26. The molecule has 1 spiro atoms. The maximum absolute atomic E-state index is 2.85. The van der Waals surface area contributed by atoms with Crippen LogP contribution in [0.3, 0.4) is 0 Å². The third kappa shape index (κ3) is 2.86. The lowest BCUT2D eigenvalue weighted by molar-refractivity contribution is -0.00446. The molecule has 126 valence electrons. The molecule has 1 aromatic rings. The highest BCUT2D eigenvalue weighted by Gasteiger charge is 2.47. The van der Waals surface area contributed by atoms with E-state index in [9.17, 15) is 0 Å². The van der Waals surface area contributed by atoms with Gasteiger partial charge in [-0.3, -0.25) is 4.90 Å². The average molecular weight is 312 g/mol. The molecule has 2 aliphatic carbocycles. The number of benzene rings is 1. The number of rotatable bonds is 2. The van der Waals surface area contributed by atoms with Gasteiger partial charge in [-0.25, -0.2) is 0 Å². The van der Waals surface area contributed by atoms with Crippen molar-refractivity contribution in [3.8, 4) is 0 Å². The van der Waals surface area contributed by atoms with Crippen LogP contribution in [0.25, 0.3) is 0 Å². The lowest BCUT2D eigenvalue weighted by Gasteiger charge is -2.53. The summed E-state index contributed by atoms with van der Waals surface area (Å²) in [6.45, 7) is 5.09. The number of likely N-dealkylation sites (tertiary alicyclic amines) is 1. The number of hydrogen-bond donors (Lipinski definition) is 0. The summed E-state index contributed by atoms with van der Waals surface area (Å²) in [6.07, 6.45) is 14.5. The van der Waals surface area contributed by atoms with Gasteiger partial charge >= 0.3 is 0 Å². The van der Waals surface area contributed by atoms with Crippen molar-refractivity contribution in [1.29, 1.82) is 0 Å². The summed E-state index contributed by atoms with van der Waals surface area (Å²) in [4.78, 5) is 2.85. The van der Waals surface area contributed by atoms with Crippen LogP contribution in [-0.4, -0.2) is 18.0 Å². The summed E-state index contributed by atoms with van der Waals surface area (Å²) in [6, 6.07) is 11.5. The molecule has 2 saturated carbocycles. The van der Waals surface area contributed by atoms with Crippen LogP contribution in [0.4, 0.5) is 0 Å². The van der Waals surface area contributed by atoms with Crippen LogP contribution in [0.2, 0.25) is 0 Å². The highest BCUT2D eigenvalue weighted by molar-refractivity contribution is 5.26. The molecular formula is C22H33N. The van der Waals surface area contributed by atoms with Crippen molar-refractivity contribution in [2.24, 2.45) is 11.3 Å². The van der Waals surface area contributed by atoms with Crippen molar-refractivity contribution in [2.45, 2.75) is 76.7 Å². The maximum Gasteiger partial charge on any atom is 0.0461 e. The first-order valence-corrected chi connectivity index (χ1v) is 10.0. The fourth-order valence-corrected chi connectivity index (χ4v) is 5.75. The fourth-order valence-electron chi connectivity index (χ4n) is 5.75. The van der Waals surface area contributed by atoms with E-state index in [4.69, 9.17) is 0 Å². The van der Waals surface area contributed by atoms with Gasteiger partial charge in [0.1, 0.15) is 0 Å². The molecule has 4 rings (SSSR count). The van der Waals surface area contributed by atoms with Gasteiger partial charge in [-0.05, 0) is 81.4 Å². The molecule has 1 aromatic carbocycles. The number of hydrogen-bond acceptors (Lipinski definition) is 1. The van der Waals surface area contributed by atoms with Gasteiger partial charge in [-0.2, -0.15) is 0 Å². The second kappa shape index (κ2) is 6.24. The van der Waals surface area contributed by atoms with Crippen molar-refractivity contribution in [2.75, 3.05) is 13.1 Å². The Morgan fingerprint density at radius 3 is 2.04 bits per heavy atom. The highest BCUT2D eigenvalue weighted by atomic mass is 15.2. The van der Waals surface area contributed by atoms with Crippen molar-refractivity contribution in [3.05, 3.63) is 35.9 Å². The van der Waals surface area contributed by atoms with Crippen LogP contribution < -0.4 is 0 Å².